The number of rotatable bonds is 6. The van der Waals surface area contributed by atoms with E-state index in [4.69, 9.17) is 11.6 Å². The molecule has 2 amide bonds. The van der Waals surface area contributed by atoms with Crippen LogP contribution in [0.4, 0.5) is 5.69 Å². The van der Waals surface area contributed by atoms with E-state index < -0.39 is 27.7 Å². The van der Waals surface area contributed by atoms with Gasteiger partial charge in [0.2, 0.25) is 11.8 Å². The van der Waals surface area contributed by atoms with Crippen molar-refractivity contribution in [2.75, 3.05) is 17.3 Å². The molecule has 1 rings (SSSR count). The van der Waals surface area contributed by atoms with E-state index in [1.54, 1.807) is 18.2 Å². The van der Waals surface area contributed by atoms with Crippen molar-refractivity contribution in [3.63, 3.8) is 0 Å². The lowest BCUT2D eigenvalue weighted by Gasteiger charge is -2.17. The van der Waals surface area contributed by atoms with Gasteiger partial charge in [0, 0.05) is 23.9 Å². The van der Waals surface area contributed by atoms with Crippen molar-refractivity contribution < 1.29 is 18.0 Å². The van der Waals surface area contributed by atoms with E-state index in [9.17, 15) is 18.0 Å². The van der Waals surface area contributed by atoms with Gasteiger partial charge in [0.15, 0.2) is 0 Å². The van der Waals surface area contributed by atoms with Gasteiger partial charge in [-0.05, 0) is 31.0 Å². The summed E-state index contributed by atoms with van der Waals surface area (Å²) in [4.78, 5) is 23.4. The molecule has 2 N–H and O–H groups in total. The topological polar surface area (TPSA) is 92.3 Å². The number of aryl methyl sites for hydroxylation is 1. The maximum absolute atomic E-state index is 12.2. The molecule has 122 valence electrons. The first-order chi connectivity index (χ1) is 10.1. The highest BCUT2D eigenvalue weighted by Crippen LogP contribution is 2.20. The van der Waals surface area contributed by atoms with E-state index in [0.717, 1.165) is 11.8 Å². The molecule has 22 heavy (non-hydrogen) atoms. The van der Waals surface area contributed by atoms with E-state index in [1.807, 2.05) is 6.92 Å². The molecule has 1 atom stereocenters. The van der Waals surface area contributed by atoms with E-state index >= 15 is 0 Å². The van der Waals surface area contributed by atoms with Crippen LogP contribution < -0.4 is 10.6 Å². The third kappa shape index (κ3) is 6.44. The second kappa shape index (κ2) is 7.60. The molecule has 0 unspecified atom stereocenters. The number of hydrogen-bond acceptors (Lipinski definition) is 4. The zero-order valence-electron chi connectivity index (χ0n) is 12.6. The van der Waals surface area contributed by atoms with Crippen molar-refractivity contribution in [1.82, 2.24) is 5.32 Å². The summed E-state index contributed by atoms with van der Waals surface area (Å²) in [5.74, 6) is -1.09. The lowest BCUT2D eigenvalue weighted by atomic mass is 10.2. The summed E-state index contributed by atoms with van der Waals surface area (Å²) in [6.45, 7) is 3.10. The van der Waals surface area contributed by atoms with Crippen molar-refractivity contribution >= 4 is 38.9 Å². The molecule has 0 aliphatic carbocycles. The lowest BCUT2D eigenvalue weighted by molar-refractivity contribution is -0.125. The van der Waals surface area contributed by atoms with E-state index in [-0.39, 0.29) is 12.2 Å². The number of anilines is 1. The van der Waals surface area contributed by atoms with Crippen molar-refractivity contribution in [2.45, 2.75) is 26.3 Å². The molecule has 8 heteroatoms. The van der Waals surface area contributed by atoms with Gasteiger partial charge in [0.25, 0.3) is 0 Å². The van der Waals surface area contributed by atoms with Crippen LogP contribution in [0.1, 0.15) is 18.9 Å². The number of carbonyl (C=O) groups is 2. The Balaban J connectivity index is 2.81. The number of sulfone groups is 1. The van der Waals surface area contributed by atoms with Crippen LogP contribution >= 0.6 is 11.6 Å². The number of hydrogen-bond donors (Lipinski definition) is 2. The van der Waals surface area contributed by atoms with Crippen LogP contribution in [0.2, 0.25) is 5.02 Å². The minimum absolute atomic E-state index is 0.00381. The minimum atomic E-state index is -3.23. The molecular weight excluding hydrogens is 328 g/mol. The first-order valence-electron chi connectivity index (χ1n) is 6.60. The highest BCUT2D eigenvalue weighted by atomic mass is 35.5. The molecule has 1 aromatic rings. The van der Waals surface area contributed by atoms with E-state index in [1.165, 1.54) is 6.92 Å². The third-order valence-corrected chi connectivity index (χ3v) is 4.30. The second-order valence-corrected chi connectivity index (χ2v) is 7.79. The summed E-state index contributed by atoms with van der Waals surface area (Å²) in [6, 6.07) is 4.10. The molecule has 0 saturated carbocycles. The maximum atomic E-state index is 12.2. The largest absolute Gasteiger partial charge is 0.345 e. The fourth-order valence-electron chi connectivity index (χ4n) is 1.75. The predicted molar refractivity (Wildman–Crippen MR) is 86.8 cm³/mol. The Kier molecular flexibility index (Phi) is 6.37. The summed E-state index contributed by atoms with van der Waals surface area (Å²) in [6.07, 6.45) is 1.08. The van der Waals surface area contributed by atoms with Gasteiger partial charge in [0.1, 0.15) is 15.9 Å². The van der Waals surface area contributed by atoms with Crippen LogP contribution in [0.5, 0.6) is 0 Å². The Morgan fingerprint density at radius 2 is 1.95 bits per heavy atom. The molecule has 0 aliphatic heterocycles. The first kappa shape index (κ1) is 18.4. The summed E-state index contributed by atoms with van der Waals surface area (Å²) < 4.78 is 22.4. The SMILES string of the molecule is CC(=O)N[C@H](CCS(C)(=O)=O)C(=O)Nc1ccc(C)c(Cl)c1. The number of amides is 2. The van der Waals surface area contributed by atoms with Gasteiger partial charge in [-0.1, -0.05) is 17.7 Å². The molecule has 0 bridgehead atoms. The number of nitrogens with one attached hydrogen (secondary N) is 2. The number of benzene rings is 1. The molecule has 0 spiro atoms. The average Bonchev–Trinajstić information content (AvgIpc) is 2.37. The second-order valence-electron chi connectivity index (χ2n) is 5.12. The minimum Gasteiger partial charge on any atom is -0.345 e. The highest BCUT2D eigenvalue weighted by molar-refractivity contribution is 7.90. The molecule has 0 aliphatic rings. The Labute approximate surface area is 135 Å². The molecule has 0 heterocycles. The summed E-state index contributed by atoms with van der Waals surface area (Å²) in [5.41, 5.74) is 1.35. The van der Waals surface area contributed by atoms with Crippen molar-refractivity contribution in [1.29, 1.82) is 0 Å². The smallest absolute Gasteiger partial charge is 0.246 e. The highest BCUT2D eigenvalue weighted by Gasteiger charge is 2.21. The van der Waals surface area contributed by atoms with Crippen LogP contribution in [-0.2, 0) is 19.4 Å². The van der Waals surface area contributed by atoms with Gasteiger partial charge in [-0.2, -0.15) is 0 Å². The van der Waals surface area contributed by atoms with Crippen LogP contribution in [0.3, 0.4) is 0 Å². The zero-order valence-corrected chi connectivity index (χ0v) is 14.2. The zero-order chi connectivity index (χ0) is 16.9. The molecule has 0 fully saturated rings. The monoisotopic (exact) mass is 346 g/mol. The van der Waals surface area contributed by atoms with Crippen molar-refractivity contribution in [3.8, 4) is 0 Å². The fraction of sp³-hybridized carbons (Fsp3) is 0.429. The van der Waals surface area contributed by atoms with Gasteiger partial charge < -0.3 is 10.6 Å². The van der Waals surface area contributed by atoms with E-state index in [0.29, 0.717) is 10.7 Å². The van der Waals surface area contributed by atoms with Gasteiger partial charge in [0.05, 0.1) is 5.75 Å². The van der Waals surface area contributed by atoms with Gasteiger partial charge in [-0.25, -0.2) is 8.42 Å². The molecule has 0 aromatic heterocycles. The number of carbonyl (C=O) groups excluding carboxylic acids is 2. The van der Waals surface area contributed by atoms with Crippen molar-refractivity contribution in [3.05, 3.63) is 28.8 Å². The maximum Gasteiger partial charge on any atom is 0.246 e. The van der Waals surface area contributed by atoms with Crippen LogP contribution in [0.25, 0.3) is 0 Å². The van der Waals surface area contributed by atoms with Crippen LogP contribution in [-0.4, -0.2) is 38.3 Å². The summed E-state index contributed by atoms with van der Waals surface area (Å²) >= 11 is 5.98. The Hall–Kier alpha value is -1.60. The molecular formula is C14H19ClN2O4S. The Morgan fingerprint density at radius 1 is 1.32 bits per heavy atom. The standard InChI is InChI=1S/C14H19ClN2O4S/c1-9-4-5-11(8-12(9)15)17-14(19)13(16-10(2)18)6-7-22(3,20)21/h4-5,8,13H,6-7H2,1-3H3,(H,16,18)(H,17,19)/t13-/m1/s1. The summed E-state index contributed by atoms with van der Waals surface area (Å²) in [5, 5.41) is 5.57. The molecule has 1 aromatic carbocycles. The number of halogens is 1. The van der Waals surface area contributed by atoms with Crippen LogP contribution in [0, 0.1) is 6.92 Å². The quantitative estimate of drug-likeness (QED) is 0.817. The predicted octanol–water partition coefficient (Wildman–Crippen LogP) is 1.53. The lowest BCUT2D eigenvalue weighted by Crippen LogP contribution is -2.43. The fourth-order valence-corrected chi connectivity index (χ4v) is 2.59. The summed E-state index contributed by atoms with van der Waals surface area (Å²) in [7, 11) is -3.23. The van der Waals surface area contributed by atoms with E-state index in [2.05, 4.69) is 10.6 Å². The molecule has 0 radical (unpaired) electrons. The first-order valence-corrected chi connectivity index (χ1v) is 9.04. The average molecular weight is 347 g/mol. The normalized spacial score (nSPS) is 12.5. The third-order valence-electron chi connectivity index (χ3n) is 2.91. The van der Waals surface area contributed by atoms with Crippen molar-refractivity contribution in [2.24, 2.45) is 0 Å². The Bertz CT molecular complexity index is 673. The van der Waals surface area contributed by atoms with Gasteiger partial charge in [-0.3, -0.25) is 9.59 Å². The molecule has 0 saturated heterocycles. The molecule has 6 nitrogen and oxygen atoms in total. The van der Waals surface area contributed by atoms with Gasteiger partial charge >= 0.3 is 0 Å². The van der Waals surface area contributed by atoms with Gasteiger partial charge in [-0.15, -0.1) is 0 Å². The Morgan fingerprint density at radius 3 is 2.45 bits per heavy atom. The van der Waals surface area contributed by atoms with Crippen LogP contribution in [0.15, 0.2) is 18.2 Å².